The Morgan fingerprint density at radius 3 is 1.94 bits per heavy atom. The second kappa shape index (κ2) is 11.7. The zero-order valence-electron chi connectivity index (χ0n) is 26.8. The molecule has 0 saturated heterocycles. The van der Waals surface area contributed by atoms with Gasteiger partial charge in [-0.05, 0) is 69.2 Å². The molecule has 50 heavy (non-hydrogen) atoms. The first-order chi connectivity index (χ1) is 24.8. The van der Waals surface area contributed by atoms with Crippen LogP contribution in [-0.2, 0) is 0 Å². The third-order valence-corrected chi connectivity index (χ3v) is 10.5. The number of fused-ring (bicyclic) bond motifs is 3. The normalized spacial score (nSPS) is 11.6. The van der Waals surface area contributed by atoms with E-state index in [1.807, 2.05) is 36.6 Å². The molecule has 0 bridgehead atoms. The lowest BCUT2D eigenvalue weighted by molar-refractivity contribution is 0.582. The minimum Gasteiger partial charge on any atom is -0.464 e. The third kappa shape index (κ3) is 4.50. The molecule has 0 unspecified atom stereocenters. The van der Waals surface area contributed by atoms with Crippen LogP contribution in [0.3, 0.4) is 0 Å². The fourth-order valence-electron chi connectivity index (χ4n) is 7.48. The predicted octanol–water partition coefficient (Wildman–Crippen LogP) is 14.0. The lowest BCUT2D eigenvalue weighted by Crippen LogP contribution is -2.01. The monoisotopic (exact) mass is 660 g/mol. The van der Waals surface area contributed by atoms with E-state index in [0.717, 1.165) is 93.8 Å². The van der Waals surface area contributed by atoms with Gasteiger partial charge in [0, 0.05) is 49.0 Å². The highest BCUT2D eigenvalue weighted by Crippen LogP contribution is 2.58. The van der Waals surface area contributed by atoms with Crippen molar-refractivity contribution in [3.8, 4) is 66.5 Å². The van der Waals surface area contributed by atoms with Crippen molar-refractivity contribution < 1.29 is 13.3 Å². The van der Waals surface area contributed by atoms with E-state index in [4.69, 9.17) is 13.3 Å². The highest BCUT2D eigenvalue weighted by molar-refractivity contribution is 7.13. The highest BCUT2D eigenvalue weighted by Gasteiger charge is 2.33. The minimum atomic E-state index is 0.757. The summed E-state index contributed by atoms with van der Waals surface area (Å²) in [5.41, 5.74) is 11.1. The SMILES string of the molecule is c1ccc(-c2c(-c3cccs3)c(-c3coc4ccccc34)c(-c3cc4ccccc4o3)c(-c3ccco3)c2-c2cccc3ccccc23)cc1. The zero-order chi connectivity index (χ0) is 33.0. The van der Waals surface area contributed by atoms with Crippen LogP contribution in [0.1, 0.15) is 0 Å². The van der Waals surface area contributed by atoms with Crippen molar-refractivity contribution >= 4 is 44.0 Å². The number of benzene rings is 6. The molecule has 0 fully saturated rings. The van der Waals surface area contributed by atoms with Gasteiger partial charge in [0.05, 0.1) is 12.5 Å². The fraction of sp³-hybridized carbons (Fsp3) is 0. The van der Waals surface area contributed by atoms with Gasteiger partial charge < -0.3 is 13.3 Å². The Morgan fingerprint density at radius 2 is 1.14 bits per heavy atom. The van der Waals surface area contributed by atoms with Crippen molar-refractivity contribution in [3.63, 3.8) is 0 Å². The molecule has 10 aromatic rings. The quantitative estimate of drug-likeness (QED) is 0.178. The van der Waals surface area contributed by atoms with Gasteiger partial charge in [0.2, 0.25) is 0 Å². The van der Waals surface area contributed by atoms with Gasteiger partial charge in [0.1, 0.15) is 22.7 Å². The Bertz CT molecular complexity index is 2760. The summed E-state index contributed by atoms with van der Waals surface area (Å²) in [5.74, 6) is 1.52. The van der Waals surface area contributed by atoms with Gasteiger partial charge in [0.15, 0.2) is 0 Å². The number of thiophene rings is 1. The number of hydrogen-bond acceptors (Lipinski definition) is 4. The van der Waals surface area contributed by atoms with Gasteiger partial charge in [0.25, 0.3) is 0 Å². The van der Waals surface area contributed by atoms with Gasteiger partial charge >= 0.3 is 0 Å². The van der Waals surface area contributed by atoms with Gasteiger partial charge in [-0.3, -0.25) is 0 Å². The maximum atomic E-state index is 6.87. The first-order valence-electron chi connectivity index (χ1n) is 16.6. The molecule has 0 amide bonds. The summed E-state index contributed by atoms with van der Waals surface area (Å²) in [7, 11) is 0. The molecular weight excluding hydrogens is 633 g/mol. The zero-order valence-corrected chi connectivity index (χ0v) is 27.6. The molecule has 236 valence electrons. The number of para-hydroxylation sites is 2. The van der Waals surface area contributed by atoms with E-state index in [0.29, 0.717) is 0 Å². The van der Waals surface area contributed by atoms with Crippen molar-refractivity contribution in [3.05, 3.63) is 170 Å². The van der Waals surface area contributed by atoms with Gasteiger partial charge in [-0.15, -0.1) is 11.3 Å². The summed E-state index contributed by atoms with van der Waals surface area (Å²) in [6.45, 7) is 0. The molecule has 0 aliphatic heterocycles. The smallest absolute Gasteiger partial charge is 0.136 e. The molecule has 4 aromatic heterocycles. The average Bonchev–Trinajstić information content (AvgIpc) is 4.01. The van der Waals surface area contributed by atoms with Crippen LogP contribution in [0.4, 0.5) is 0 Å². The fourth-order valence-corrected chi connectivity index (χ4v) is 8.27. The molecule has 0 aliphatic carbocycles. The van der Waals surface area contributed by atoms with Crippen molar-refractivity contribution in [1.29, 1.82) is 0 Å². The predicted molar refractivity (Wildman–Crippen MR) is 206 cm³/mol. The summed E-state index contributed by atoms with van der Waals surface area (Å²) >= 11 is 1.74. The van der Waals surface area contributed by atoms with Crippen LogP contribution in [-0.4, -0.2) is 0 Å². The van der Waals surface area contributed by atoms with E-state index in [-0.39, 0.29) is 0 Å². The topological polar surface area (TPSA) is 39.4 Å². The molecular formula is C46H28O3S. The van der Waals surface area contributed by atoms with Crippen molar-refractivity contribution in [2.75, 3.05) is 0 Å². The van der Waals surface area contributed by atoms with E-state index in [2.05, 4.69) is 127 Å². The van der Waals surface area contributed by atoms with Gasteiger partial charge in [-0.1, -0.05) is 115 Å². The summed E-state index contributed by atoms with van der Waals surface area (Å²) in [6.07, 6.45) is 3.66. The molecule has 3 nitrogen and oxygen atoms in total. The Kier molecular flexibility index (Phi) is 6.68. The molecule has 0 N–H and O–H groups in total. The number of rotatable bonds is 6. The highest BCUT2D eigenvalue weighted by atomic mass is 32.1. The molecule has 0 saturated carbocycles. The van der Waals surface area contributed by atoms with E-state index in [9.17, 15) is 0 Å². The Balaban J connectivity index is 1.52. The lowest BCUT2D eigenvalue weighted by Gasteiger charge is -2.26. The Morgan fingerprint density at radius 1 is 0.420 bits per heavy atom. The van der Waals surface area contributed by atoms with Crippen LogP contribution in [0.5, 0.6) is 0 Å². The third-order valence-electron chi connectivity index (χ3n) is 9.58. The molecule has 4 heterocycles. The van der Waals surface area contributed by atoms with E-state index in [1.165, 1.54) is 5.39 Å². The van der Waals surface area contributed by atoms with Crippen LogP contribution in [0.25, 0.3) is 99.2 Å². The Hall–Kier alpha value is -6.36. The summed E-state index contributed by atoms with van der Waals surface area (Å²) in [4.78, 5) is 1.15. The summed E-state index contributed by atoms with van der Waals surface area (Å²) in [6, 6.07) is 52.9. The molecule has 4 heteroatoms. The van der Waals surface area contributed by atoms with E-state index < -0.39 is 0 Å². The van der Waals surface area contributed by atoms with Crippen LogP contribution in [0, 0.1) is 0 Å². The standard InChI is InChI=1S/C46H28O3S/c1-2-14-30(15-3-1)41-42(34-20-10-17-29-13-4-6-18-32(29)34)44(38-23-11-25-47-38)45(39-27-31-16-5-8-21-36(31)49-39)43(46(41)40-24-12-26-50-40)35-28-48-37-22-9-7-19-33(35)37/h1-28H. The average molecular weight is 661 g/mol. The van der Waals surface area contributed by atoms with Gasteiger partial charge in [-0.25, -0.2) is 0 Å². The lowest BCUT2D eigenvalue weighted by atomic mass is 9.76. The summed E-state index contributed by atoms with van der Waals surface area (Å²) < 4.78 is 19.6. The van der Waals surface area contributed by atoms with Crippen LogP contribution in [0.15, 0.2) is 183 Å². The number of hydrogen-bond donors (Lipinski definition) is 0. The molecule has 0 spiro atoms. The van der Waals surface area contributed by atoms with Crippen LogP contribution < -0.4 is 0 Å². The van der Waals surface area contributed by atoms with Gasteiger partial charge in [-0.2, -0.15) is 0 Å². The largest absolute Gasteiger partial charge is 0.464 e. The second-order valence-corrected chi connectivity index (χ2v) is 13.3. The maximum absolute atomic E-state index is 6.87. The number of furan rings is 3. The van der Waals surface area contributed by atoms with Crippen molar-refractivity contribution in [1.82, 2.24) is 0 Å². The first-order valence-corrected chi connectivity index (χ1v) is 17.5. The minimum absolute atomic E-state index is 0.757. The van der Waals surface area contributed by atoms with Crippen molar-refractivity contribution in [2.24, 2.45) is 0 Å². The van der Waals surface area contributed by atoms with E-state index in [1.54, 1.807) is 17.6 Å². The molecule has 0 atom stereocenters. The molecule has 10 rings (SSSR count). The first kappa shape index (κ1) is 28.6. The van der Waals surface area contributed by atoms with Crippen molar-refractivity contribution in [2.45, 2.75) is 0 Å². The molecule has 6 aromatic carbocycles. The maximum Gasteiger partial charge on any atom is 0.136 e. The van der Waals surface area contributed by atoms with E-state index >= 15 is 0 Å². The Labute approximate surface area is 292 Å². The second-order valence-electron chi connectivity index (χ2n) is 12.4. The molecule has 0 aliphatic rings. The van der Waals surface area contributed by atoms with Crippen LogP contribution >= 0.6 is 11.3 Å². The summed E-state index contributed by atoms with van der Waals surface area (Å²) in [5, 5.41) is 6.55. The molecule has 0 radical (unpaired) electrons. The van der Waals surface area contributed by atoms with Crippen LogP contribution in [0.2, 0.25) is 0 Å².